The molecule has 3 fully saturated rings. The molecule has 2 aromatic carbocycles. The van der Waals surface area contributed by atoms with E-state index in [9.17, 15) is 14.4 Å². The second kappa shape index (κ2) is 17.3. The van der Waals surface area contributed by atoms with Crippen LogP contribution in [0.2, 0.25) is 10.0 Å². The summed E-state index contributed by atoms with van der Waals surface area (Å²) in [6, 6.07) is 15.1. The molecule has 0 aliphatic carbocycles. The second-order valence-electron chi connectivity index (χ2n) is 12.7. The van der Waals surface area contributed by atoms with E-state index in [-0.39, 0.29) is 42.9 Å². The number of hydrogen-bond donors (Lipinski definition) is 0. The lowest BCUT2D eigenvalue weighted by Gasteiger charge is -2.43. The highest BCUT2D eigenvalue weighted by Crippen LogP contribution is 2.27. The molecule has 1 atom stereocenters. The molecular formula is C35H46Cl2N6O5. The number of piperidine rings is 1. The molecule has 0 N–H and O–H groups in total. The Labute approximate surface area is 293 Å². The standard InChI is InChI=1S/C35H46Cl2N6O5/c1-39(34(45)27-21-28(36)23-29(37)22-27)24-32(38-47-2)31(26-7-4-3-5-8-26)11-16-40-14-9-30(10-15-40)43-13-6-12-42(35(43)46)25-33(44)41-17-19-48-20-18-41/h3-5,7-8,21-23,30-31H,6,9-20,24-25H2,1-2H3/b38-32+. The van der Waals surface area contributed by atoms with Crippen molar-refractivity contribution in [2.75, 3.05) is 86.3 Å². The molecular weight excluding hydrogens is 655 g/mol. The molecule has 0 saturated carbocycles. The smallest absolute Gasteiger partial charge is 0.320 e. The van der Waals surface area contributed by atoms with Crippen LogP contribution in [0.3, 0.4) is 0 Å². The average molecular weight is 702 g/mol. The summed E-state index contributed by atoms with van der Waals surface area (Å²) in [6.07, 6.45) is 3.41. The number of likely N-dealkylation sites (tertiary alicyclic amines) is 1. The lowest BCUT2D eigenvalue weighted by molar-refractivity contribution is -0.136. The maximum absolute atomic E-state index is 13.5. The van der Waals surface area contributed by atoms with E-state index in [0.717, 1.165) is 63.1 Å². The molecule has 3 saturated heterocycles. The number of ether oxygens (including phenoxy) is 1. The van der Waals surface area contributed by atoms with Gasteiger partial charge in [-0.15, -0.1) is 0 Å². The van der Waals surface area contributed by atoms with Crippen molar-refractivity contribution in [3.8, 4) is 0 Å². The zero-order valence-corrected chi connectivity index (χ0v) is 29.4. The van der Waals surface area contributed by atoms with E-state index in [1.165, 1.54) is 7.11 Å². The minimum Gasteiger partial charge on any atom is -0.399 e. The highest BCUT2D eigenvalue weighted by molar-refractivity contribution is 6.35. The minimum atomic E-state index is -0.214. The minimum absolute atomic E-state index is 0.00269. The van der Waals surface area contributed by atoms with Gasteiger partial charge in [-0.25, -0.2) is 4.79 Å². The predicted octanol–water partition coefficient (Wildman–Crippen LogP) is 4.69. The largest absolute Gasteiger partial charge is 0.399 e. The van der Waals surface area contributed by atoms with Crippen molar-refractivity contribution in [1.82, 2.24) is 24.5 Å². The van der Waals surface area contributed by atoms with Crippen LogP contribution in [0.1, 0.15) is 47.5 Å². The van der Waals surface area contributed by atoms with Gasteiger partial charge in [0.15, 0.2) is 0 Å². The lowest BCUT2D eigenvalue weighted by atomic mass is 9.89. The molecule has 1 unspecified atom stereocenters. The number of urea groups is 1. The quantitative estimate of drug-likeness (QED) is 0.236. The number of oxime groups is 1. The van der Waals surface area contributed by atoms with Crippen LogP contribution in [0.15, 0.2) is 53.7 Å². The molecule has 13 heteroatoms. The van der Waals surface area contributed by atoms with Crippen LogP contribution in [0, 0.1) is 0 Å². The Kier molecular flexibility index (Phi) is 13.0. The van der Waals surface area contributed by atoms with Crippen molar-refractivity contribution in [3.05, 3.63) is 69.7 Å². The van der Waals surface area contributed by atoms with Crippen molar-refractivity contribution in [2.24, 2.45) is 5.16 Å². The lowest BCUT2D eigenvalue weighted by Crippen LogP contribution is -2.57. The van der Waals surface area contributed by atoms with E-state index in [4.69, 9.17) is 32.8 Å². The summed E-state index contributed by atoms with van der Waals surface area (Å²) >= 11 is 12.3. The van der Waals surface area contributed by atoms with Crippen molar-refractivity contribution in [1.29, 1.82) is 0 Å². The van der Waals surface area contributed by atoms with Gasteiger partial charge in [0.25, 0.3) is 5.91 Å². The van der Waals surface area contributed by atoms with Gasteiger partial charge < -0.3 is 34.1 Å². The third kappa shape index (κ3) is 9.40. The SMILES string of the molecule is CO/N=C(\CN(C)C(=O)c1cc(Cl)cc(Cl)c1)C(CCN1CCC(N2CCCN(CC(=O)N3CCOCC3)C2=O)CC1)c1ccccc1. The van der Waals surface area contributed by atoms with Gasteiger partial charge in [-0.05, 0) is 56.0 Å². The topological polar surface area (TPSA) is 98.2 Å². The Hall–Kier alpha value is -3.38. The molecule has 4 amide bonds. The number of amides is 4. The monoisotopic (exact) mass is 700 g/mol. The van der Waals surface area contributed by atoms with Gasteiger partial charge in [0.2, 0.25) is 5.91 Å². The van der Waals surface area contributed by atoms with E-state index >= 15 is 0 Å². The Morgan fingerprint density at radius 1 is 1.00 bits per heavy atom. The summed E-state index contributed by atoms with van der Waals surface area (Å²) < 4.78 is 5.37. The normalized spacial score (nSPS) is 19.0. The van der Waals surface area contributed by atoms with Gasteiger partial charge in [-0.1, -0.05) is 58.7 Å². The van der Waals surface area contributed by atoms with Crippen molar-refractivity contribution in [3.63, 3.8) is 0 Å². The summed E-state index contributed by atoms with van der Waals surface area (Å²) in [6.45, 7) is 6.57. The van der Waals surface area contributed by atoms with E-state index in [0.29, 0.717) is 48.5 Å². The molecule has 3 aliphatic heterocycles. The number of carbonyl (C=O) groups is 3. The molecule has 260 valence electrons. The number of rotatable bonds is 12. The molecule has 0 radical (unpaired) electrons. The first-order valence-electron chi connectivity index (χ1n) is 16.7. The number of morpholine rings is 1. The van der Waals surface area contributed by atoms with Crippen LogP contribution < -0.4 is 0 Å². The first-order valence-corrected chi connectivity index (χ1v) is 17.5. The average Bonchev–Trinajstić information content (AvgIpc) is 3.09. The predicted molar refractivity (Wildman–Crippen MR) is 187 cm³/mol. The fraction of sp³-hybridized carbons (Fsp3) is 0.543. The number of benzene rings is 2. The summed E-state index contributed by atoms with van der Waals surface area (Å²) in [4.78, 5) is 54.5. The van der Waals surface area contributed by atoms with Crippen molar-refractivity contribution in [2.45, 2.75) is 37.6 Å². The fourth-order valence-electron chi connectivity index (χ4n) is 6.88. The summed E-state index contributed by atoms with van der Waals surface area (Å²) in [7, 11) is 3.25. The second-order valence-corrected chi connectivity index (χ2v) is 13.5. The Balaban J connectivity index is 1.18. The van der Waals surface area contributed by atoms with E-state index < -0.39 is 0 Å². The van der Waals surface area contributed by atoms with Gasteiger partial charge in [0.1, 0.15) is 13.7 Å². The molecule has 0 bridgehead atoms. The third-order valence-corrected chi connectivity index (χ3v) is 9.87. The highest BCUT2D eigenvalue weighted by atomic mass is 35.5. The Bertz CT molecular complexity index is 1410. The first kappa shape index (κ1) is 35.9. The van der Waals surface area contributed by atoms with E-state index in [1.807, 2.05) is 23.1 Å². The summed E-state index contributed by atoms with van der Waals surface area (Å²) in [5.74, 6) is -0.297. The maximum Gasteiger partial charge on any atom is 0.320 e. The van der Waals surface area contributed by atoms with Crippen molar-refractivity contribution < 1.29 is 24.0 Å². The molecule has 3 heterocycles. The number of halogens is 2. The molecule has 0 aromatic heterocycles. The van der Waals surface area contributed by atoms with Crippen LogP contribution in [0.25, 0.3) is 0 Å². The Morgan fingerprint density at radius 3 is 2.35 bits per heavy atom. The van der Waals surface area contributed by atoms with Crippen LogP contribution >= 0.6 is 23.2 Å². The van der Waals surface area contributed by atoms with Crippen LogP contribution in [-0.4, -0.2) is 140 Å². The fourth-order valence-corrected chi connectivity index (χ4v) is 7.40. The zero-order valence-electron chi connectivity index (χ0n) is 27.9. The zero-order chi connectivity index (χ0) is 34.0. The molecule has 2 aromatic rings. The summed E-state index contributed by atoms with van der Waals surface area (Å²) in [5, 5.41) is 5.22. The van der Waals surface area contributed by atoms with Gasteiger partial charge in [-0.2, -0.15) is 0 Å². The van der Waals surface area contributed by atoms with Crippen LogP contribution in [-0.2, 0) is 14.4 Å². The molecule has 48 heavy (non-hydrogen) atoms. The Morgan fingerprint density at radius 2 is 1.69 bits per heavy atom. The number of hydrogen-bond acceptors (Lipinski definition) is 7. The number of carbonyl (C=O) groups excluding carboxylic acids is 3. The third-order valence-electron chi connectivity index (χ3n) is 9.43. The number of nitrogens with zero attached hydrogens (tertiary/aromatic N) is 6. The van der Waals surface area contributed by atoms with Gasteiger partial charge in [0.05, 0.1) is 25.5 Å². The van der Waals surface area contributed by atoms with Crippen LogP contribution in [0.5, 0.6) is 0 Å². The van der Waals surface area contributed by atoms with Gasteiger partial charge in [0, 0.05) is 73.9 Å². The van der Waals surface area contributed by atoms with Gasteiger partial charge in [-0.3, -0.25) is 9.59 Å². The van der Waals surface area contributed by atoms with Crippen LogP contribution in [0.4, 0.5) is 4.79 Å². The first-order chi connectivity index (χ1) is 23.2. The molecule has 5 rings (SSSR count). The van der Waals surface area contributed by atoms with E-state index in [1.54, 1.807) is 39.9 Å². The maximum atomic E-state index is 13.5. The molecule has 11 nitrogen and oxygen atoms in total. The van der Waals surface area contributed by atoms with E-state index in [2.05, 4.69) is 22.2 Å². The highest BCUT2D eigenvalue weighted by Gasteiger charge is 2.35. The molecule has 3 aliphatic rings. The summed E-state index contributed by atoms with van der Waals surface area (Å²) in [5.41, 5.74) is 2.25. The van der Waals surface area contributed by atoms with Gasteiger partial charge >= 0.3 is 6.03 Å². The molecule has 0 spiro atoms. The van der Waals surface area contributed by atoms with Crippen molar-refractivity contribution >= 4 is 46.8 Å².